The van der Waals surface area contributed by atoms with E-state index in [1.165, 1.54) is 65.3 Å². The lowest BCUT2D eigenvalue weighted by Crippen LogP contribution is -2.15. The smallest absolute Gasteiger partial charge is 0.0709 e. The van der Waals surface area contributed by atoms with E-state index in [1.807, 2.05) is 0 Å². The maximum atomic E-state index is 5.00. The van der Waals surface area contributed by atoms with E-state index in [0.717, 1.165) is 39.2 Å². The molecule has 2 nitrogen and oxygen atoms in total. The Kier molecular flexibility index (Phi) is 6.63. The van der Waals surface area contributed by atoms with E-state index >= 15 is 0 Å². The zero-order valence-electron chi connectivity index (χ0n) is 30.2. The summed E-state index contributed by atoms with van der Waals surface area (Å²) >= 11 is 0. The van der Waals surface area contributed by atoms with Crippen LogP contribution in [0.3, 0.4) is 0 Å². The van der Waals surface area contributed by atoms with Crippen LogP contribution in [0.15, 0.2) is 182 Å². The molecule has 11 rings (SSSR count). The molecule has 254 valence electrons. The van der Waals surface area contributed by atoms with Gasteiger partial charge < -0.3 is 4.90 Å². The van der Waals surface area contributed by atoms with Crippen LogP contribution in [0.4, 0.5) is 17.1 Å². The largest absolute Gasteiger partial charge is 0.310 e. The van der Waals surface area contributed by atoms with Crippen molar-refractivity contribution in [1.29, 1.82) is 0 Å². The maximum Gasteiger partial charge on any atom is 0.0709 e. The average molecular weight is 689 g/mol. The van der Waals surface area contributed by atoms with Crippen LogP contribution < -0.4 is 4.90 Å². The van der Waals surface area contributed by atoms with Crippen molar-refractivity contribution in [3.05, 3.63) is 193 Å². The van der Waals surface area contributed by atoms with Gasteiger partial charge in [0.1, 0.15) is 0 Å². The van der Waals surface area contributed by atoms with Gasteiger partial charge in [-0.25, -0.2) is 4.98 Å². The molecule has 0 radical (unpaired) electrons. The van der Waals surface area contributed by atoms with Gasteiger partial charge in [-0.05, 0) is 144 Å². The van der Waals surface area contributed by atoms with Crippen molar-refractivity contribution < 1.29 is 0 Å². The van der Waals surface area contributed by atoms with Gasteiger partial charge >= 0.3 is 0 Å². The van der Waals surface area contributed by atoms with E-state index in [-0.39, 0.29) is 5.41 Å². The second-order valence-corrected chi connectivity index (χ2v) is 15.3. The number of hydrogen-bond acceptors (Lipinski definition) is 2. The van der Waals surface area contributed by atoms with Gasteiger partial charge in [-0.2, -0.15) is 0 Å². The van der Waals surface area contributed by atoms with Gasteiger partial charge in [-0.15, -0.1) is 0 Å². The van der Waals surface area contributed by atoms with Crippen LogP contribution in [0.1, 0.15) is 25.0 Å². The van der Waals surface area contributed by atoms with Crippen LogP contribution in [-0.2, 0) is 5.41 Å². The number of hydrogen-bond donors (Lipinski definition) is 0. The van der Waals surface area contributed by atoms with Crippen LogP contribution in [-0.4, -0.2) is 4.98 Å². The Morgan fingerprint density at radius 2 is 0.815 bits per heavy atom. The summed E-state index contributed by atoms with van der Waals surface area (Å²) in [4.78, 5) is 7.40. The monoisotopic (exact) mass is 688 g/mol. The zero-order valence-corrected chi connectivity index (χ0v) is 30.2. The first-order valence-electron chi connectivity index (χ1n) is 18.8. The van der Waals surface area contributed by atoms with Gasteiger partial charge in [0.05, 0.1) is 11.2 Å². The molecule has 0 spiro atoms. The quantitative estimate of drug-likeness (QED) is 0.183. The molecule has 0 bridgehead atoms. The van der Waals surface area contributed by atoms with Gasteiger partial charge in [-0.3, -0.25) is 0 Å². The van der Waals surface area contributed by atoms with Gasteiger partial charge in [0.25, 0.3) is 0 Å². The number of para-hydroxylation sites is 1. The molecular formula is C52H36N2. The summed E-state index contributed by atoms with van der Waals surface area (Å²) in [6.45, 7) is 4.76. The van der Waals surface area contributed by atoms with E-state index < -0.39 is 0 Å². The predicted octanol–water partition coefficient (Wildman–Crippen LogP) is 14.3. The van der Waals surface area contributed by atoms with E-state index in [9.17, 15) is 0 Å². The highest BCUT2D eigenvalue weighted by Crippen LogP contribution is 2.51. The molecule has 0 N–H and O–H groups in total. The molecule has 0 fully saturated rings. The van der Waals surface area contributed by atoms with Crippen molar-refractivity contribution in [2.75, 3.05) is 4.90 Å². The SMILES string of the molecule is CC1(C)c2cc3cc(-c4ccc5ccccc5n4)ccc3cc2-c2cc3ccc(N(c4ccc5ccccc5c4)c4ccc5ccccc5c4)cc3cc21. The Morgan fingerprint density at radius 1 is 0.370 bits per heavy atom. The van der Waals surface area contributed by atoms with Crippen molar-refractivity contribution in [2.45, 2.75) is 19.3 Å². The average Bonchev–Trinajstić information content (AvgIpc) is 3.42. The van der Waals surface area contributed by atoms with Gasteiger partial charge in [0.2, 0.25) is 0 Å². The van der Waals surface area contributed by atoms with E-state index in [0.29, 0.717) is 0 Å². The van der Waals surface area contributed by atoms with Crippen molar-refractivity contribution in [2.24, 2.45) is 0 Å². The number of aromatic nitrogens is 1. The molecule has 0 aliphatic heterocycles. The second-order valence-electron chi connectivity index (χ2n) is 15.3. The fourth-order valence-corrected chi connectivity index (χ4v) is 8.81. The third-order valence-corrected chi connectivity index (χ3v) is 11.7. The van der Waals surface area contributed by atoms with Crippen LogP contribution in [0.5, 0.6) is 0 Å². The summed E-state index contributed by atoms with van der Waals surface area (Å²) in [5.74, 6) is 0. The standard InChI is InChI=1S/C52H36N2/c1-52(2)48-31-41-25-40(51-24-20-35-11-7-8-14-50(35)53-51)16-15-38(41)29-46(48)47-30-39-19-23-45(28-42(39)32-49(47)52)54(43-21-17-33-9-3-5-12-36(33)26-43)44-22-18-34-10-4-6-13-37(34)27-44/h3-32H,1-2H3. The molecule has 0 saturated heterocycles. The lowest BCUT2D eigenvalue weighted by Gasteiger charge is -2.27. The summed E-state index contributed by atoms with van der Waals surface area (Å²) in [5, 5.41) is 11.1. The van der Waals surface area contributed by atoms with Gasteiger partial charge in [0.15, 0.2) is 0 Å². The Hall–Kier alpha value is -6.77. The first kappa shape index (κ1) is 30.8. The van der Waals surface area contributed by atoms with Crippen LogP contribution in [0.25, 0.3) is 76.4 Å². The number of rotatable bonds is 4. The van der Waals surface area contributed by atoms with Gasteiger partial charge in [0, 0.05) is 33.4 Å². The van der Waals surface area contributed by atoms with Gasteiger partial charge in [-0.1, -0.05) is 117 Å². The first-order valence-corrected chi connectivity index (χ1v) is 18.8. The molecule has 9 aromatic carbocycles. The predicted molar refractivity (Wildman–Crippen MR) is 229 cm³/mol. The van der Waals surface area contributed by atoms with Crippen LogP contribution in [0.2, 0.25) is 0 Å². The third kappa shape index (κ3) is 4.84. The van der Waals surface area contributed by atoms with E-state index in [1.54, 1.807) is 0 Å². The molecule has 1 aliphatic carbocycles. The lowest BCUT2D eigenvalue weighted by atomic mass is 9.81. The summed E-state index contributed by atoms with van der Waals surface area (Å²) < 4.78 is 0. The number of anilines is 3. The molecule has 0 unspecified atom stereocenters. The molecule has 10 aromatic rings. The molecule has 1 aliphatic rings. The lowest BCUT2D eigenvalue weighted by molar-refractivity contribution is 0.662. The highest BCUT2D eigenvalue weighted by molar-refractivity contribution is 6.01. The summed E-state index contributed by atoms with van der Waals surface area (Å²) in [5.41, 5.74) is 11.8. The molecule has 2 heteroatoms. The first-order chi connectivity index (χ1) is 26.5. The fraction of sp³-hybridized carbons (Fsp3) is 0.0577. The van der Waals surface area contributed by atoms with E-state index in [2.05, 4.69) is 201 Å². The zero-order chi connectivity index (χ0) is 36.0. The van der Waals surface area contributed by atoms with Crippen molar-refractivity contribution in [3.63, 3.8) is 0 Å². The molecule has 0 amide bonds. The maximum absolute atomic E-state index is 5.00. The number of fused-ring (bicyclic) bond motifs is 8. The number of benzene rings is 9. The molecule has 1 aromatic heterocycles. The fourth-order valence-electron chi connectivity index (χ4n) is 8.81. The topological polar surface area (TPSA) is 16.1 Å². The Morgan fingerprint density at radius 3 is 1.43 bits per heavy atom. The van der Waals surface area contributed by atoms with Crippen molar-refractivity contribution >= 4 is 71.1 Å². The molecule has 0 atom stereocenters. The van der Waals surface area contributed by atoms with Crippen LogP contribution in [0, 0.1) is 0 Å². The minimum absolute atomic E-state index is 0.156. The Labute approximate surface area is 314 Å². The van der Waals surface area contributed by atoms with Crippen LogP contribution >= 0.6 is 0 Å². The second kappa shape index (κ2) is 11.6. The minimum Gasteiger partial charge on any atom is -0.310 e. The third-order valence-electron chi connectivity index (χ3n) is 11.7. The highest BCUT2D eigenvalue weighted by Gasteiger charge is 2.36. The van der Waals surface area contributed by atoms with E-state index in [4.69, 9.17) is 4.98 Å². The highest BCUT2D eigenvalue weighted by atomic mass is 15.1. The summed E-state index contributed by atoms with van der Waals surface area (Å²) in [6.07, 6.45) is 0. The molecule has 1 heterocycles. The Balaban J connectivity index is 1.03. The molecule has 54 heavy (non-hydrogen) atoms. The number of pyridine rings is 1. The van der Waals surface area contributed by atoms with Crippen molar-refractivity contribution in [3.8, 4) is 22.4 Å². The summed E-state index contributed by atoms with van der Waals surface area (Å²) in [7, 11) is 0. The summed E-state index contributed by atoms with van der Waals surface area (Å²) in [6, 6.07) is 66.8. The molecule has 0 saturated carbocycles. The number of nitrogens with zero attached hydrogens (tertiary/aromatic N) is 2. The minimum atomic E-state index is -0.156. The molecular weight excluding hydrogens is 653 g/mol. The normalized spacial score (nSPS) is 13.1. The Bertz CT molecular complexity index is 3070. The van der Waals surface area contributed by atoms with Crippen molar-refractivity contribution in [1.82, 2.24) is 4.98 Å².